The molecule has 7 nitrogen and oxygen atoms in total. The summed E-state index contributed by atoms with van der Waals surface area (Å²) in [6.07, 6.45) is 0. The number of benzene rings is 1. The van der Waals surface area contributed by atoms with Crippen molar-refractivity contribution in [2.75, 3.05) is 0 Å². The van der Waals surface area contributed by atoms with Gasteiger partial charge >= 0.3 is 0 Å². The Morgan fingerprint density at radius 1 is 1.27 bits per heavy atom. The van der Waals surface area contributed by atoms with Crippen molar-refractivity contribution in [2.45, 2.75) is 11.8 Å². The lowest BCUT2D eigenvalue weighted by molar-refractivity contribution is -0.742. The minimum atomic E-state index is -4.02. The van der Waals surface area contributed by atoms with Crippen molar-refractivity contribution < 1.29 is 23.3 Å². The summed E-state index contributed by atoms with van der Waals surface area (Å²) >= 11 is 0. The predicted octanol–water partition coefficient (Wildman–Crippen LogP) is 0.894. The molecule has 0 atom stereocenters. The minimum Gasteiger partial charge on any atom is -0.328 e. The summed E-state index contributed by atoms with van der Waals surface area (Å²) in [6.45, 7) is 1.84. The van der Waals surface area contributed by atoms with Crippen LogP contribution in [-0.4, -0.2) is 23.3 Å². The van der Waals surface area contributed by atoms with Crippen molar-refractivity contribution in [3.8, 4) is 0 Å². The molecule has 0 bridgehead atoms. The molecule has 1 rings (SSSR count). The molecule has 1 aromatic carbocycles. The number of aryl methyl sites for hydroxylation is 1. The third-order valence-corrected chi connectivity index (χ3v) is 2.19. The van der Waals surface area contributed by atoms with Gasteiger partial charge < -0.3 is 5.21 Å². The molecule has 0 aliphatic carbocycles. The van der Waals surface area contributed by atoms with Crippen LogP contribution in [0.3, 0.4) is 0 Å². The summed E-state index contributed by atoms with van der Waals surface area (Å²) in [6, 6.07) is 5.99. The summed E-state index contributed by atoms with van der Waals surface area (Å²) in [4.78, 5) is 8.29. The van der Waals surface area contributed by atoms with Gasteiger partial charge in [-0.25, -0.2) is 0 Å². The van der Waals surface area contributed by atoms with Gasteiger partial charge in [-0.2, -0.15) is 8.42 Å². The first-order valence-corrected chi connectivity index (χ1v) is 5.05. The summed E-state index contributed by atoms with van der Waals surface area (Å²) < 4.78 is 29.6. The normalized spacial score (nSPS) is 10.0. The maximum atomic E-state index is 10.5. The first kappa shape index (κ1) is 13.3. The molecule has 0 aliphatic heterocycles. The van der Waals surface area contributed by atoms with Crippen LogP contribution in [0.1, 0.15) is 5.56 Å². The van der Waals surface area contributed by atoms with E-state index in [4.69, 9.17) is 19.9 Å². The van der Waals surface area contributed by atoms with Crippen LogP contribution in [0.25, 0.3) is 0 Å². The van der Waals surface area contributed by atoms with Gasteiger partial charge in [-0.15, -0.1) is 10.1 Å². The molecular weight excluding hydrogens is 226 g/mol. The lowest BCUT2D eigenvalue weighted by Gasteiger charge is -1.95. The predicted molar refractivity (Wildman–Crippen MR) is 49.8 cm³/mol. The Morgan fingerprint density at radius 3 is 1.87 bits per heavy atom. The molecular formula is C7H9NO6S. The molecule has 0 radical (unpaired) electrons. The van der Waals surface area contributed by atoms with Gasteiger partial charge in [0.2, 0.25) is 0 Å². The Labute approximate surface area is 85.8 Å². The smallest absolute Gasteiger partial charge is 0.294 e. The van der Waals surface area contributed by atoms with Gasteiger partial charge in [0.15, 0.2) is 0 Å². The first-order chi connectivity index (χ1) is 6.73. The molecule has 8 heteroatoms. The van der Waals surface area contributed by atoms with Crippen molar-refractivity contribution in [2.24, 2.45) is 0 Å². The van der Waals surface area contributed by atoms with Gasteiger partial charge in [-0.1, -0.05) is 17.7 Å². The molecule has 0 unspecified atom stereocenters. The summed E-state index contributed by atoms with van der Waals surface area (Å²) in [5, 5.41) is 13.6. The van der Waals surface area contributed by atoms with E-state index in [1.54, 1.807) is 12.1 Å². The van der Waals surface area contributed by atoms with Crippen molar-refractivity contribution in [1.29, 1.82) is 0 Å². The van der Waals surface area contributed by atoms with Crippen molar-refractivity contribution in [3.05, 3.63) is 39.9 Å². The van der Waals surface area contributed by atoms with Gasteiger partial charge in [0, 0.05) is 0 Å². The summed E-state index contributed by atoms with van der Waals surface area (Å²) in [5.41, 5.74) is 0.956. The van der Waals surface area contributed by atoms with Gasteiger partial charge in [0.1, 0.15) is 0 Å². The fourth-order valence-electron chi connectivity index (χ4n) is 0.710. The number of rotatable bonds is 1. The molecule has 2 N–H and O–H groups in total. The molecule has 0 aliphatic rings. The van der Waals surface area contributed by atoms with Gasteiger partial charge in [0.25, 0.3) is 15.2 Å². The second-order valence-electron chi connectivity index (χ2n) is 2.53. The zero-order valence-corrected chi connectivity index (χ0v) is 8.51. The van der Waals surface area contributed by atoms with Crippen LogP contribution in [0.4, 0.5) is 0 Å². The van der Waals surface area contributed by atoms with Crippen LogP contribution in [0.2, 0.25) is 0 Å². The maximum absolute atomic E-state index is 10.5. The van der Waals surface area contributed by atoms with E-state index in [-0.39, 0.29) is 4.90 Å². The van der Waals surface area contributed by atoms with E-state index < -0.39 is 15.2 Å². The molecule has 1 aromatic rings. The molecule has 0 amide bonds. The number of hydrogen-bond acceptors (Lipinski definition) is 4. The topological polar surface area (TPSA) is 118 Å². The molecule has 0 spiro atoms. The van der Waals surface area contributed by atoms with Crippen LogP contribution >= 0.6 is 0 Å². The second kappa shape index (κ2) is 5.27. The van der Waals surface area contributed by atoms with E-state index in [0.29, 0.717) is 0 Å². The third-order valence-electron chi connectivity index (χ3n) is 1.32. The largest absolute Gasteiger partial charge is 0.328 e. The van der Waals surface area contributed by atoms with Crippen LogP contribution in [0.15, 0.2) is 29.2 Å². The van der Waals surface area contributed by atoms with Crippen LogP contribution in [0.5, 0.6) is 0 Å². The Bertz CT molecular complexity index is 419. The SMILES string of the molecule is Cc1ccc(S(=O)(=O)O)cc1.O=[N+]([O-])O. The Balaban J connectivity index is 0.000000423. The fraction of sp³-hybridized carbons (Fsp3) is 0.143. The highest BCUT2D eigenvalue weighted by atomic mass is 32.2. The Kier molecular flexibility index (Phi) is 4.68. The highest BCUT2D eigenvalue weighted by molar-refractivity contribution is 7.85. The maximum Gasteiger partial charge on any atom is 0.294 e. The second-order valence-corrected chi connectivity index (χ2v) is 3.95. The summed E-state index contributed by atoms with van der Waals surface area (Å²) in [5.74, 6) is 0. The van der Waals surface area contributed by atoms with E-state index >= 15 is 0 Å². The lowest BCUT2D eigenvalue weighted by Crippen LogP contribution is -1.96. The molecule has 0 saturated carbocycles. The van der Waals surface area contributed by atoms with Gasteiger partial charge in [0.05, 0.1) is 4.90 Å². The van der Waals surface area contributed by atoms with E-state index in [9.17, 15) is 8.42 Å². The van der Waals surface area contributed by atoms with E-state index in [1.807, 2.05) is 6.92 Å². The van der Waals surface area contributed by atoms with Crippen LogP contribution in [-0.2, 0) is 10.1 Å². The third kappa shape index (κ3) is 6.41. The van der Waals surface area contributed by atoms with Crippen molar-refractivity contribution in [3.63, 3.8) is 0 Å². The molecule has 0 fully saturated rings. The minimum absolute atomic E-state index is 0.0666. The van der Waals surface area contributed by atoms with Crippen LogP contribution < -0.4 is 0 Å². The molecule has 0 saturated heterocycles. The molecule has 0 aromatic heterocycles. The quantitative estimate of drug-likeness (QED) is 0.424. The molecule has 15 heavy (non-hydrogen) atoms. The van der Waals surface area contributed by atoms with Gasteiger partial charge in [-0.05, 0) is 19.1 Å². The van der Waals surface area contributed by atoms with E-state index in [2.05, 4.69) is 0 Å². The zero-order valence-electron chi connectivity index (χ0n) is 7.69. The molecule has 0 heterocycles. The zero-order chi connectivity index (χ0) is 12.1. The Morgan fingerprint density at radius 2 is 1.60 bits per heavy atom. The number of hydrogen-bond donors (Lipinski definition) is 2. The number of nitrogens with zero attached hydrogens (tertiary/aromatic N) is 1. The average molecular weight is 235 g/mol. The monoisotopic (exact) mass is 235 g/mol. The van der Waals surface area contributed by atoms with Crippen molar-refractivity contribution >= 4 is 10.1 Å². The van der Waals surface area contributed by atoms with E-state index in [0.717, 1.165) is 5.56 Å². The highest BCUT2D eigenvalue weighted by Crippen LogP contribution is 2.08. The van der Waals surface area contributed by atoms with Gasteiger partial charge in [-0.3, -0.25) is 4.55 Å². The van der Waals surface area contributed by atoms with E-state index in [1.165, 1.54) is 12.1 Å². The fourth-order valence-corrected chi connectivity index (χ4v) is 1.19. The van der Waals surface area contributed by atoms with Crippen LogP contribution in [0, 0.1) is 17.0 Å². The van der Waals surface area contributed by atoms with Crippen molar-refractivity contribution in [1.82, 2.24) is 0 Å². The standard InChI is InChI=1S/C7H8O3S.HNO3/c1-6-2-4-7(5-3-6)11(8,9)10;2-1(3)4/h2-5H,1H3,(H,8,9,10);(H,2,3,4). The highest BCUT2D eigenvalue weighted by Gasteiger charge is 2.06. The first-order valence-electron chi connectivity index (χ1n) is 3.61. The Hall–Kier alpha value is -1.67. The average Bonchev–Trinajstić information content (AvgIpc) is 2.01. The molecule has 84 valence electrons. The lowest BCUT2D eigenvalue weighted by atomic mass is 10.2. The summed E-state index contributed by atoms with van der Waals surface area (Å²) in [7, 11) is -4.02.